The first-order valence-corrected chi connectivity index (χ1v) is 10.6. The molecule has 26 heavy (non-hydrogen) atoms. The Kier molecular flexibility index (Phi) is 5.05. The highest BCUT2D eigenvalue weighted by atomic mass is 32.2. The van der Waals surface area contributed by atoms with E-state index in [2.05, 4.69) is 52.9 Å². The monoisotopic (exact) mass is 366 g/mol. The molecule has 1 atom stereocenters. The van der Waals surface area contributed by atoms with Gasteiger partial charge in [-0.3, -0.25) is 9.69 Å². The number of nitrogens with one attached hydrogen (secondary N) is 1. The number of hydrogen-bond acceptors (Lipinski definition) is 3. The molecule has 1 N–H and O–H groups in total. The van der Waals surface area contributed by atoms with E-state index < -0.39 is 0 Å². The van der Waals surface area contributed by atoms with Crippen molar-refractivity contribution in [2.24, 2.45) is 0 Å². The maximum atomic E-state index is 12.6. The number of amides is 1. The number of likely N-dealkylation sites (tertiary alicyclic amines) is 1. The minimum absolute atomic E-state index is 0.00318. The summed E-state index contributed by atoms with van der Waals surface area (Å²) in [5.74, 6) is 0.221. The molecule has 0 radical (unpaired) electrons. The van der Waals surface area contributed by atoms with Gasteiger partial charge >= 0.3 is 0 Å². The maximum Gasteiger partial charge on any atom is 0.228 e. The number of piperidine rings is 1. The van der Waals surface area contributed by atoms with Gasteiger partial charge in [-0.25, -0.2) is 0 Å². The summed E-state index contributed by atoms with van der Waals surface area (Å²) in [6.07, 6.45) is 5.14. The van der Waals surface area contributed by atoms with Gasteiger partial charge in [0.25, 0.3) is 0 Å². The number of nitrogens with zero attached hydrogens (tertiary/aromatic N) is 1. The highest BCUT2D eigenvalue weighted by molar-refractivity contribution is 7.98. The van der Waals surface area contributed by atoms with Crippen molar-refractivity contribution in [3.63, 3.8) is 0 Å². The van der Waals surface area contributed by atoms with Crippen molar-refractivity contribution < 1.29 is 4.79 Å². The molecule has 4 heteroatoms. The molecular weight excluding hydrogens is 340 g/mol. The predicted octanol–water partition coefficient (Wildman–Crippen LogP) is 4.05. The van der Waals surface area contributed by atoms with E-state index in [1.54, 1.807) is 11.8 Å². The van der Waals surface area contributed by atoms with Crippen LogP contribution in [0, 0.1) is 0 Å². The summed E-state index contributed by atoms with van der Waals surface area (Å²) < 4.78 is 0. The molecule has 2 aromatic rings. The van der Waals surface area contributed by atoms with Crippen LogP contribution in [-0.2, 0) is 11.3 Å². The summed E-state index contributed by atoms with van der Waals surface area (Å²) in [7, 11) is 0. The highest BCUT2D eigenvalue weighted by Crippen LogP contribution is 2.39. The maximum absolute atomic E-state index is 12.6. The van der Waals surface area contributed by atoms with Crippen molar-refractivity contribution in [3.8, 4) is 0 Å². The lowest BCUT2D eigenvalue weighted by molar-refractivity contribution is -0.121. The van der Waals surface area contributed by atoms with Crippen molar-refractivity contribution in [3.05, 3.63) is 65.7 Å². The fraction of sp³-hybridized carbons (Fsp3) is 0.409. The lowest BCUT2D eigenvalue weighted by Crippen LogP contribution is -2.50. The Morgan fingerprint density at radius 2 is 1.77 bits per heavy atom. The molecule has 1 spiro atoms. The second-order valence-corrected chi connectivity index (χ2v) is 8.44. The minimum Gasteiger partial charge on any atom is -0.350 e. The van der Waals surface area contributed by atoms with Crippen LogP contribution in [0.1, 0.15) is 36.3 Å². The highest BCUT2D eigenvalue weighted by Gasteiger charge is 2.45. The second kappa shape index (κ2) is 7.45. The van der Waals surface area contributed by atoms with Crippen LogP contribution < -0.4 is 5.32 Å². The summed E-state index contributed by atoms with van der Waals surface area (Å²) in [6, 6.07) is 19.1. The van der Waals surface area contributed by atoms with Gasteiger partial charge in [0.1, 0.15) is 0 Å². The second-order valence-electron chi connectivity index (χ2n) is 7.56. The van der Waals surface area contributed by atoms with E-state index in [0.29, 0.717) is 0 Å². The van der Waals surface area contributed by atoms with Crippen LogP contribution in [0.3, 0.4) is 0 Å². The van der Waals surface area contributed by atoms with E-state index in [0.717, 1.165) is 44.5 Å². The molecule has 3 nitrogen and oxygen atoms in total. The van der Waals surface area contributed by atoms with Crippen molar-refractivity contribution in [1.29, 1.82) is 0 Å². The molecule has 2 saturated heterocycles. The third kappa shape index (κ3) is 3.67. The van der Waals surface area contributed by atoms with E-state index in [4.69, 9.17) is 0 Å². The van der Waals surface area contributed by atoms with E-state index in [-0.39, 0.29) is 17.4 Å². The SMILES string of the molecule is CSc1ccc(CN2CCC3(CC2)CC(c2ccccc2)C(=O)N3)cc1. The molecule has 2 fully saturated rings. The Morgan fingerprint density at radius 3 is 2.42 bits per heavy atom. The fourth-order valence-electron chi connectivity index (χ4n) is 4.29. The number of rotatable bonds is 4. The van der Waals surface area contributed by atoms with E-state index in [9.17, 15) is 4.79 Å². The zero-order valence-electron chi connectivity index (χ0n) is 15.3. The summed E-state index contributed by atoms with van der Waals surface area (Å²) in [5.41, 5.74) is 2.52. The molecule has 1 amide bonds. The van der Waals surface area contributed by atoms with Crippen LogP contribution in [0.15, 0.2) is 59.5 Å². The Hall–Kier alpha value is -1.78. The van der Waals surface area contributed by atoms with Crippen molar-refractivity contribution in [2.45, 2.75) is 42.2 Å². The number of hydrogen-bond donors (Lipinski definition) is 1. The quantitative estimate of drug-likeness (QED) is 0.829. The molecule has 0 bridgehead atoms. The van der Waals surface area contributed by atoms with Gasteiger partial charge in [0.05, 0.1) is 5.92 Å². The topological polar surface area (TPSA) is 32.3 Å². The van der Waals surface area contributed by atoms with E-state index in [1.165, 1.54) is 10.5 Å². The summed E-state index contributed by atoms with van der Waals surface area (Å²) in [4.78, 5) is 16.4. The van der Waals surface area contributed by atoms with Crippen LogP contribution in [0.4, 0.5) is 0 Å². The first kappa shape index (κ1) is 17.6. The molecule has 2 heterocycles. The van der Waals surface area contributed by atoms with E-state index >= 15 is 0 Å². The molecule has 2 aliphatic heterocycles. The molecule has 1 unspecified atom stereocenters. The fourth-order valence-corrected chi connectivity index (χ4v) is 4.70. The summed E-state index contributed by atoms with van der Waals surface area (Å²) in [6.45, 7) is 3.10. The predicted molar refractivity (Wildman–Crippen MR) is 107 cm³/mol. The van der Waals surface area contributed by atoms with Crippen LogP contribution in [-0.4, -0.2) is 35.7 Å². The Labute approximate surface area is 160 Å². The van der Waals surface area contributed by atoms with Gasteiger partial charge in [0.15, 0.2) is 0 Å². The van der Waals surface area contributed by atoms with Crippen molar-refractivity contribution in [1.82, 2.24) is 10.2 Å². The molecule has 2 aliphatic rings. The lowest BCUT2D eigenvalue weighted by Gasteiger charge is -2.39. The smallest absolute Gasteiger partial charge is 0.228 e. The van der Waals surface area contributed by atoms with Crippen molar-refractivity contribution in [2.75, 3.05) is 19.3 Å². The number of carbonyl (C=O) groups is 1. The first-order valence-electron chi connectivity index (χ1n) is 9.40. The van der Waals surface area contributed by atoms with Gasteiger partial charge in [-0.1, -0.05) is 42.5 Å². The average Bonchev–Trinajstić information content (AvgIpc) is 3.01. The Bertz CT molecular complexity index is 751. The molecule has 0 aliphatic carbocycles. The zero-order valence-corrected chi connectivity index (χ0v) is 16.1. The molecular formula is C22H26N2OS. The van der Waals surface area contributed by atoms with Gasteiger partial charge in [-0.05, 0) is 48.8 Å². The van der Waals surface area contributed by atoms with Gasteiger partial charge in [0.2, 0.25) is 5.91 Å². The van der Waals surface area contributed by atoms with Crippen LogP contribution >= 0.6 is 11.8 Å². The van der Waals surface area contributed by atoms with Crippen LogP contribution in [0.25, 0.3) is 0 Å². The number of benzene rings is 2. The van der Waals surface area contributed by atoms with E-state index in [1.807, 2.05) is 18.2 Å². The van der Waals surface area contributed by atoms with Gasteiger partial charge < -0.3 is 5.32 Å². The largest absolute Gasteiger partial charge is 0.350 e. The lowest BCUT2D eigenvalue weighted by atomic mass is 9.82. The van der Waals surface area contributed by atoms with Gasteiger partial charge in [0, 0.05) is 30.1 Å². The number of thioether (sulfide) groups is 1. The van der Waals surface area contributed by atoms with Gasteiger partial charge in [-0.2, -0.15) is 0 Å². The normalized spacial score (nSPS) is 22.5. The van der Waals surface area contributed by atoms with Gasteiger partial charge in [-0.15, -0.1) is 11.8 Å². The van der Waals surface area contributed by atoms with Crippen LogP contribution in [0.5, 0.6) is 0 Å². The first-order chi connectivity index (χ1) is 12.7. The summed E-state index contributed by atoms with van der Waals surface area (Å²) in [5, 5.41) is 3.35. The average molecular weight is 367 g/mol. The number of carbonyl (C=O) groups excluding carboxylic acids is 1. The Morgan fingerprint density at radius 1 is 1.08 bits per heavy atom. The Balaban J connectivity index is 1.36. The molecule has 2 aromatic carbocycles. The third-order valence-corrected chi connectivity index (χ3v) is 6.62. The third-order valence-electron chi connectivity index (χ3n) is 5.88. The zero-order chi connectivity index (χ0) is 18.0. The molecule has 0 aromatic heterocycles. The molecule has 136 valence electrons. The molecule has 0 saturated carbocycles. The standard InChI is InChI=1S/C22H26N2OS/c1-26-19-9-7-17(8-10-19)16-24-13-11-22(12-14-24)15-20(21(25)23-22)18-5-3-2-4-6-18/h2-10,20H,11-16H2,1H3,(H,23,25). The summed E-state index contributed by atoms with van der Waals surface area (Å²) >= 11 is 1.78. The molecule has 4 rings (SSSR count). The minimum atomic E-state index is -0.00318. The van der Waals surface area contributed by atoms with Crippen LogP contribution in [0.2, 0.25) is 0 Å². The van der Waals surface area contributed by atoms with Crippen molar-refractivity contribution >= 4 is 17.7 Å².